The zero-order chi connectivity index (χ0) is 20.5. The summed E-state index contributed by atoms with van der Waals surface area (Å²) in [7, 11) is 0. The maximum Gasteiger partial charge on any atom is 0.586 e. The van der Waals surface area contributed by atoms with Crippen molar-refractivity contribution >= 4 is 28.3 Å². The molecule has 0 bridgehead atoms. The molecule has 11 heteroatoms. The first-order chi connectivity index (χ1) is 14.5. The number of pyridine rings is 1. The third-order valence-corrected chi connectivity index (χ3v) is 5.28. The van der Waals surface area contributed by atoms with Crippen molar-refractivity contribution in [2.24, 2.45) is 5.92 Å². The Morgan fingerprint density at radius 3 is 2.80 bits per heavy atom. The van der Waals surface area contributed by atoms with E-state index in [1.807, 2.05) is 18.2 Å². The van der Waals surface area contributed by atoms with E-state index in [1.165, 1.54) is 10.6 Å². The normalized spacial score (nSPS) is 17.6. The maximum atomic E-state index is 13.5. The van der Waals surface area contributed by atoms with Gasteiger partial charge in [0.05, 0.1) is 0 Å². The molecule has 0 radical (unpaired) electrons. The van der Waals surface area contributed by atoms with Gasteiger partial charge in [-0.05, 0) is 24.3 Å². The number of anilines is 2. The summed E-state index contributed by atoms with van der Waals surface area (Å²) in [5.74, 6) is 1.74. The van der Waals surface area contributed by atoms with Crippen molar-refractivity contribution in [2.45, 2.75) is 12.7 Å². The highest BCUT2D eigenvalue weighted by atomic mass is 19.3. The van der Waals surface area contributed by atoms with Crippen LogP contribution in [0.5, 0.6) is 11.5 Å². The van der Waals surface area contributed by atoms with Gasteiger partial charge in [-0.2, -0.15) is 4.52 Å². The Kier molecular flexibility index (Phi) is 3.35. The molecular weight excluding hydrogens is 396 g/mol. The number of hydrogen-bond donors (Lipinski definition) is 1. The smallest absolute Gasteiger partial charge is 0.395 e. The van der Waals surface area contributed by atoms with Crippen LogP contribution in [0, 0.1) is 5.92 Å². The number of aromatic nitrogens is 5. The number of nitrogen functional groups attached to an aromatic ring is 1. The SMILES string of the molecule is Nc1nc2c3c(ccc2c2nc(CC4CN(c5ccccn5)C4)nn12)OC(F)(F)O3. The van der Waals surface area contributed by atoms with Crippen LogP contribution >= 0.6 is 0 Å². The first kappa shape index (κ1) is 17.1. The summed E-state index contributed by atoms with van der Waals surface area (Å²) in [5.41, 5.74) is 6.63. The monoisotopic (exact) mass is 411 g/mol. The van der Waals surface area contributed by atoms with Crippen LogP contribution in [0.2, 0.25) is 0 Å². The molecule has 30 heavy (non-hydrogen) atoms. The summed E-state index contributed by atoms with van der Waals surface area (Å²) < 4.78 is 37.5. The second-order valence-corrected chi connectivity index (χ2v) is 7.35. The predicted octanol–water partition coefficient (Wildman–Crippen LogP) is 2.26. The van der Waals surface area contributed by atoms with Crippen molar-refractivity contribution in [3.63, 3.8) is 0 Å². The lowest BCUT2D eigenvalue weighted by molar-refractivity contribution is -0.286. The molecule has 3 aromatic heterocycles. The summed E-state index contributed by atoms with van der Waals surface area (Å²) in [4.78, 5) is 15.3. The van der Waals surface area contributed by atoms with Crippen LogP contribution in [0.1, 0.15) is 5.82 Å². The largest absolute Gasteiger partial charge is 0.586 e. The topological polar surface area (TPSA) is 104 Å². The maximum absolute atomic E-state index is 13.5. The van der Waals surface area contributed by atoms with E-state index in [4.69, 9.17) is 5.73 Å². The Hall–Kier alpha value is -3.76. The number of halogens is 2. The Bertz CT molecular complexity index is 1290. The minimum atomic E-state index is -3.73. The standard InChI is InChI=1S/C19H15F2N7O2/c20-19(21)29-12-5-4-11-15(16(12)30-19)25-18(22)28-17(11)24-13(26-28)7-10-8-27(9-10)14-3-1-2-6-23-14/h1-6,10H,7-9H2,(H2,22,25). The quantitative estimate of drug-likeness (QED) is 0.548. The van der Waals surface area contributed by atoms with E-state index >= 15 is 0 Å². The van der Waals surface area contributed by atoms with Gasteiger partial charge < -0.3 is 20.1 Å². The van der Waals surface area contributed by atoms with E-state index in [-0.39, 0.29) is 23.0 Å². The van der Waals surface area contributed by atoms with Gasteiger partial charge in [0.2, 0.25) is 5.95 Å². The number of alkyl halides is 2. The zero-order valence-corrected chi connectivity index (χ0v) is 15.5. The molecular formula is C19H15F2N7O2. The highest BCUT2D eigenvalue weighted by Gasteiger charge is 2.45. The van der Waals surface area contributed by atoms with Gasteiger partial charge in [-0.25, -0.2) is 15.0 Å². The van der Waals surface area contributed by atoms with Crippen LogP contribution in [0.3, 0.4) is 0 Å². The van der Waals surface area contributed by atoms with Gasteiger partial charge in [0.1, 0.15) is 11.3 Å². The van der Waals surface area contributed by atoms with Gasteiger partial charge in [0.15, 0.2) is 23.0 Å². The van der Waals surface area contributed by atoms with E-state index < -0.39 is 6.29 Å². The van der Waals surface area contributed by atoms with E-state index in [0.717, 1.165) is 18.9 Å². The van der Waals surface area contributed by atoms with Gasteiger partial charge in [-0.15, -0.1) is 13.9 Å². The van der Waals surface area contributed by atoms with Gasteiger partial charge in [-0.1, -0.05) is 6.07 Å². The van der Waals surface area contributed by atoms with Crippen LogP contribution in [0.25, 0.3) is 16.6 Å². The van der Waals surface area contributed by atoms with Crippen molar-refractivity contribution in [1.82, 2.24) is 24.6 Å². The molecule has 2 aliphatic rings. The average molecular weight is 411 g/mol. The van der Waals surface area contributed by atoms with Crippen LogP contribution in [-0.2, 0) is 6.42 Å². The molecule has 152 valence electrons. The number of nitrogens with zero attached hydrogens (tertiary/aromatic N) is 6. The molecule has 5 heterocycles. The van der Waals surface area contributed by atoms with E-state index in [0.29, 0.717) is 29.2 Å². The second kappa shape index (κ2) is 5.88. The fourth-order valence-electron chi connectivity index (χ4n) is 3.91. The zero-order valence-electron chi connectivity index (χ0n) is 15.5. The lowest BCUT2D eigenvalue weighted by atomic mass is 9.96. The molecule has 0 saturated carbocycles. The molecule has 1 saturated heterocycles. The molecule has 9 nitrogen and oxygen atoms in total. The molecule has 0 unspecified atom stereocenters. The van der Waals surface area contributed by atoms with Gasteiger partial charge in [0.25, 0.3) is 0 Å². The molecule has 0 atom stereocenters. The molecule has 2 aliphatic heterocycles. The summed E-state index contributed by atoms with van der Waals surface area (Å²) >= 11 is 0. The van der Waals surface area contributed by atoms with Crippen LogP contribution in [0.4, 0.5) is 20.5 Å². The number of fused-ring (bicyclic) bond motifs is 5. The molecule has 0 amide bonds. The molecule has 1 aromatic carbocycles. The van der Waals surface area contributed by atoms with Gasteiger partial charge in [-0.3, -0.25) is 0 Å². The highest BCUT2D eigenvalue weighted by Crippen LogP contribution is 2.45. The first-order valence-corrected chi connectivity index (χ1v) is 9.36. The third kappa shape index (κ3) is 2.58. The molecule has 4 aromatic rings. The second-order valence-electron chi connectivity index (χ2n) is 7.35. The van der Waals surface area contributed by atoms with Crippen LogP contribution < -0.4 is 20.1 Å². The van der Waals surface area contributed by atoms with Gasteiger partial charge in [0, 0.05) is 37.0 Å². The van der Waals surface area contributed by atoms with Crippen molar-refractivity contribution < 1.29 is 18.3 Å². The molecule has 2 N–H and O–H groups in total. The van der Waals surface area contributed by atoms with Crippen molar-refractivity contribution in [2.75, 3.05) is 23.7 Å². The summed E-state index contributed by atoms with van der Waals surface area (Å²) in [5, 5.41) is 4.97. The Morgan fingerprint density at radius 1 is 1.13 bits per heavy atom. The fourth-order valence-corrected chi connectivity index (χ4v) is 3.91. The molecule has 1 fully saturated rings. The van der Waals surface area contributed by atoms with Crippen molar-refractivity contribution in [1.29, 1.82) is 0 Å². The Morgan fingerprint density at radius 2 is 2.00 bits per heavy atom. The first-order valence-electron chi connectivity index (χ1n) is 9.36. The van der Waals surface area contributed by atoms with Gasteiger partial charge >= 0.3 is 6.29 Å². The number of benzene rings is 1. The van der Waals surface area contributed by atoms with Crippen LogP contribution in [0.15, 0.2) is 36.5 Å². The number of hydrogen-bond acceptors (Lipinski definition) is 8. The third-order valence-electron chi connectivity index (χ3n) is 5.28. The molecule has 0 aliphatic carbocycles. The number of ether oxygens (including phenoxy) is 2. The lowest BCUT2D eigenvalue weighted by Gasteiger charge is -2.39. The average Bonchev–Trinajstić information content (AvgIpc) is 3.25. The van der Waals surface area contributed by atoms with Crippen molar-refractivity contribution in [3.8, 4) is 11.5 Å². The van der Waals surface area contributed by atoms with E-state index in [1.54, 1.807) is 12.3 Å². The minimum absolute atomic E-state index is 0.0344. The van der Waals surface area contributed by atoms with E-state index in [2.05, 4.69) is 34.4 Å². The fraction of sp³-hybridized carbons (Fsp3) is 0.263. The van der Waals surface area contributed by atoms with Crippen LogP contribution in [-0.4, -0.2) is 44.0 Å². The Balaban J connectivity index is 1.31. The summed E-state index contributed by atoms with van der Waals surface area (Å²) in [6.45, 7) is 1.71. The highest BCUT2D eigenvalue weighted by molar-refractivity contribution is 5.97. The number of nitrogens with two attached hydrogens (primary N) is 1. The van der Waals surface area contributed by atoms with Crippen molar-refractivity contribution in [3.05, 3.63) is 42.4 Å². The lowest BCUT2D eigenvalue weighted by Crippen LogP contribution is -2.48. The van der Waals surface area contributed by atoms with E-state index in [9.17, 15) is 8.78 Å². The predicted molar refractivity (Wildman–Crippen MR) is 103 cm³/mol. The molecule has 0 spiro atoms. The summed E-state index contributed by atoms with van der Waals surface area (Å²) in [6.07, 6.45) is -1.30. The minimum Gasteiger partial charge on any atom is -0.395 e. The Labute approximate surface area is 168 Å². The molecule has 6 rings (SSSR count). The summed E-state index contributed by atoms with van der Waals surface area (Å²) in [6, 6.07) is 8.83. The number of rotatable bonds is 3.